The van der Waals surface area contributed by atoms with E-state index in [0.29, 0.717) is 30.3 Å². The monoisotopic (exact) mass is 556 g/mol. The molecule has 5 aliphatic heterocycles. The molecule has 12 unspecified atom stereocenters. The predicted octanol–water partition coefficient (Wildman–Crippen LogP) is 0.740. The number of alkyl halides is 1. The van der Waals surface area contributed by atoms with Gasteiger partial charge in [0, 0.05) is 56.7 Å². The molecule has 5 rings (SSSR count). The van der Waals surface area contributed by atoms with Gasteiger partial charge < -0.3 is 25.6 Å². The molecule has 9 nitrogen and oxygen atoms in total. The lowest BCUT2D eigenvalue weighted by Crippen LogP contribution is -2.57. The summed E-state index contributed by atoms with van der Waals surface area (Å²) < 4.78 is 5.81. The van der Waals surface area contributed by atoms with Crippen LogP contribution in [0.3, 0.4) is 0 Å². The van der Waals surface area contributed by atoms with Gasteiger partial charge in [0.1, 0.15) is 5.50 Å². The van der Waals surface area contributed by atoms with Crippen molar-refractivity contribution in [1.82, 2.24) is 31.5 Å². The van der Waals surface area contributed by atoms with Crippen LogP contribution in [-0.2, 0) is 14.3 Å². The molecule has 5 aliphatic rings. The van der Waals surface area contributed by atoms with Crippen molar-refractivity contribution in [3.05, 3.63) is 0 Å². The van der Waals surface area contributed by atoms with E-state index in [1.54, 1.807) is 18.9 Å². The zero-order valence-corrected chi connectivity index (χ0v) is 24.1. The van der Waals surface area contributed by atoms with E-state index < -0.39 is 0 Å². The second-order valence-corrected chi connectivity index (χ2v) is 14.0. The first-order valence-electron chi connectivity index (χ1n) is 14.1. The molecule has 5 saturated heterocycles. The Morgan fingerprint density at radius 3 is 2.54 bits per heavy atom. The lowest BCUT2D eigenvalue weighted by atomic mass is 9.70. The first-order valence-corrected chi connectivity index (χ1v) is 15.5. The molecule has 5 N–H and O–H groups in total. The second-order valence-electron chi connectivity index (χ2n) is 12.1. The minimum atomic E-state index is -0.123. The first-order chi connectivity index (χ1) is 17.7. The number of carbonyl (C=O) groups excluding carboxylic acids is 2. The van der Waals surface area contributed by atoms with Gasteiger partial charge in [-0.2, -0.15) is 0 Å². The third-order valence-electron chi connectivity index (χ3n) is 9.41. The van der Waals surface area contributed by atoms with Crippen LogP contribution in [0.1, 0.15) is 40.0 Å². The van der Waals surface area contributed by atoms with Gasteiger partial charge in [-0.25, -0.2) is 0 Å². The summed E-state index contributed by atoms with van der Waals surface area (Å²) in [5.74, 6) is 1.30. The van der Waals surface area contributed by atoms with Crippen LogP contribution in [0.15, 0.2) is 0 Å². The van der Waals surface area contributed by atoms with Gasteiger partial charge >= 0.3 is 0 Å². The summed E-state index contributed by atoms with van der Waals surface area (Å²) in [7, 11) is 1.76. The van der Waals surface area contributed by atoms with E-state index in [1.165, 1.54) is 0 Å². The summed E-state index contributed by atoms with van der Waals surface area (Å²) in [5.41, 5.74) is -0.208. The summed E-state index contributed by atoms with van der Waals surface area (Å²) in [6.45, 7) is 10.4. The largest absolute Gasteiger partial charge is 0.380 e. The van der Waals surface area contributed by atoms with Crippen molar-refractivity contribution in [1.29, 1.82) is 0 Å². The van der Waals surface area contributed by atoms with Crippen molar-refractivity contribution in [3.63, 3.8) is 0 Å². The minimum Gasteiger partial charge on any atom is -0.380 e. The van der Waals surface area contributed by atoms with Crippen LogP contribution in [0, 0.1) is 29.6 Å². The van der Waals surface area contributed by atoms with E-state index in [-0.39, 0.29) is 64.7 Å². The lowest BCUT2D eigenvalue weighted by Gasteiger charge is -2.45. The number of piperidine rings is 3. The van der Waals surface area contributed by atoms with Crippen LogP contribution in [0.25, 0.3) is 0 Å². The highest BCUT2D eigenvalue weighted by Gasteiger charge is 2.47. The molecule has 0 aromatic rings. The van der Waals surface area contributed by atoms with Crippen LogP contribution < -0.4 is 26.6 Å². The Kier molecular flexibility index (Phi) is 8.95. The van der Waals surface area contributed by atoms with E-state index in [9.17, 15) is 9.59 Å². The highest BCUT2D eigenvalue weighted by atomic mass is 35.5. The highest BCUT2D eigenvalue weighted by molar-refractivity contribution is 8.00. The van der Waals surface area contributed by atoms with E-state index in [0.717, 1.165) is 38.9 Å². The molecule has 0 aromatic carbocycles. The number of thioether (sulfide) groups is 1. The molecular formula is C26H45ClN6O3S. The second kappa shape index (κ2) is 11.9. The van der Waals surface area contributed by atoms with Crippen molar-refractivity contribution >= 4 is 35.2 Å². The van der Waals surface area contributed by atoms with Gasteiger partial charge in [0.25, 0.3) is 0 Å². The Labute approximate surface area is 230 Å². The number of nitrogens with one attached hydrogen (secondary N) is 5. The Bertz CT molecular complexity index is 826. The van der Waals surface area contributed by atoms with Crippen LogP contribution in [-0.4, -0.2) is 97.0 Å². The number of likely N-dealkylation sites (tertiary alicyclic amines) is 1. The van der Waals surface area contributed by atoms with Crippen molar-refractivity contribution in [3.8, 4) is 0 Å². The molecule has 5 heterocycles. The van der Waals surface area contributed by atoms with Gasteiger partial charge in [-0.05, 0) is 57.4 Å². The first kappa shape index (κ1) is 27.9. The van der Waals surface area contributed by atoms with Crippen molar-refractivity contribution in [2.24, 2.45) is 29.6 Å². The molecule has 210 valence electrons. The Balaban J connectivity index is 1.16. The fraction of sp³-hybridized carbons (Fsp3) is 0.923. The molecule has 0 spiro atoms. The summed E-state index contributed by atoms with van der Waals surface area (Å²) in [6.07, 6.45) is 2.76. The maximum atomic E-state index is 13.6. The number of amides is 2. The molecule has 0 aliphatic carbocycles. The normalized spacial score (nSPS) is 46.5. The van der Waals surface area contributed by atoms with Crippen molar-refractivity contribution < 1.29 is 14.3 Å². The Hall–Kier alpha value is -0.620. The van der Waals surface area contributed by atoms with E-state index in [2.05, 4.69) is 47.4 Å². The molecule has 0 bridgehead atoms. The van der Waals surface area contributed by atoms with Crippen molar-refractivity contribution in [2.45, 2.75) is 80.5 Å². The zero-order valence-electron chi connectivity index (χ0n) is 22.5. The highest BCUT2D eigenvalue weighted by Crippen LogP contribution is 2.39. The van der Waals surface area contributed by atoms with Gasteiger partial charge in [-0.3, -0.25) is 20.2 Å². The number of ether oxygens (including phenoxy) is 1. The average molecular weight is 557 g/mol. The molecule has 37 heavy (non-hydrogen) atoms. The number of methoxy groups -OCH3 is 1. The summed E-state index contributed by atoms with van der Waals surface area (Å²) in [4.78, 5) is 28.9. The fourth-order valence-corrected chi connectivity index (χ4v) is 8.95. The molecule has 2 amide bonds. The van der Waals surface area contributed by atoms with Crippen LogP contribution in [0.2, 0.25) is 0 Å². The van der Waals surface area contributed by atoms with E-state index >= 15 is 0 Å². The fourth-order valence-electron chi connectivity index (χ4n) is 7.25. The third-order valence-corrected chi connectivity index (χ3v) is 11.1. The summed E-state index contributed by atoms with van der Waals surface area (Å²) >= 11 is 8.24. The number of hydrogen-bond acceptors (Lipinski definition) is 8. The van der Waals surface area contributed by atoms with Crippen LogP contribution in [0.5, 0.6) is 0 Å². The van der Waals surface area contributed by atoms with Gasteiger partial charge in [0.05, 0.1) is 23.4 Å². The Morgan fingerprint density at radius 2 is 1.78 bits per heavy atom. The van der Waals surface area contributed by atoms with E-state index in [4.69, 9.17) is 16.3 Å². The quantitative estimate of drug-likeness (QED) is 0.249. The average Bonchev–Trinajstić information content (AvgIpc) is 3.43. The molecule has 0 aromatic heterocycles. The number of carbonyl (C=O) groups is 2. The lowest BCUT2D eigenvalue weighted by molar-refractivity contribution is -0.137. The summed E-state index contributed by atoms with van der Waals surface area (Å²) in [6, 6.07) is 0.800. The topological polar surface area (TPSA) is 107 Å². The molecule has 0 radical (unpaired) electrons. The smallest absolute Gasteiger partial charge is 0.227 e. The standard InChI is InChI=1S/C26H45ClN6O3S/c1-13-5-16(15(3)29-8-13)25(35)33-11-20-22(12-33)37-26(31-20)32-24(34)19-9-28-14(2)6-17(19)18-7-23(27)30-10-21(18)36-4/h13-23,26,28-31H,5-12H2,1-4H3,(H,32,34). The van der Waals surface area contributed by atoms with E-state index in [1.807, 2.05) is 4.90 Å². The molecule has 11 heteroatoms. The third kappa shape index (κ3) is 6.10. The van der Waals surface area contributed by atoms with Crippen LogP contribution >= 0.6 is 23.4 Å². The molecule has 12 atom stereocenters. The number of nitrogens with zero attached hydrogens (tertiary/aromatic N) is 1. The zero-order chi connectivity index (χ0) is 26.3. The minimum absolute atomic E-state index is 0.0553. The number of hydrogen-bond donors (Lipinski definition) is 5. The summed E-state index contributed by atoms with van der Waals surface area (Å²) in [5, 5.41) is 17.5. The van der Waals surface area contributed by atoms with Gasteiger partial charge in [-0.1, -0.05) is 6.92 Å². The molecule has 0 saturated carbocycles. The number of halogens is 1. The SMILES string of the molecule is COC1CNC(Cl)CC1C1CC(C)NCC1C(=O)NC1NC2CN(C(=O)C3CC(C)CNC3C)CC2S1. The van der Waals surface area contributed by atoms with Gasteiger partial charge in [0.15, 0.2) is 0 Å². The van der Waals surface area contributed by atoms with Crippen LogP contribution in [0.4, 0.5) is 0 Å². The van der Waals surface area contributed by atoms with Crippen molar-refractivity contribution in [2.75, 3.05) is 39.8 Å². The Morgan fingerprint density at radius 1 is 0.973 bits per heavy atom. The number of rotatable bonds is 5. The number of fused-ring (bicyclic) bond motifs is 1. The molecule has 5 fully saturated rings. The maximum Gasteiger partial charge on any atom is 0.227 e. The van der Waals surface area contributed by atoms with Gasteiger partial charge in [-0.15, -0.1) is 23.4 Å². The molecular weight excluding hydrogens is 512 g/mol. The maximum absolute atomic E-state index is 13.6. The van der Waals surface area contributed by atoms with Gasteiger partial charge in [0.2, 0.25) is 11.8 Å². The predicted molar refractivity (Wildman–Crippen MR) is 147 cm³/mol.